The number of halogens is 1. The number of anilines is 1. The van der Waals surface area contributed by atoms with Crippen LogP contribution in [0.1, 0.15) is 36.0 Å². The molecule has 33 heavy (non-hydrogen) atoms. The van der Waals surface area contributed by atoms with Crippen LogP contribution in [0.3, 0.4) is 0 Å². The molecule has 1 aliphatic heterocycles. The smallest absolute Gasteiger partial charge is 0.345 e. The Morgan fingerprint density at radius 1 is 1.09 bits per heavy atom. The molecule has 0 atom stereocenters. The van der Waals surface area contributed by atoms with Crippen LogP contribution in [-0.4, -0.2) is 49.2 Å². The molecule has 1 N–H and O–H groups in total. The van der Waals surface area contributed by atoms with Crippen LogP contribution >= 0.6 is 11.6 Å². The monoisotopic (exact) mass is 495 g/mol. The molecule has 0 spiro atoms. The van der Waals surface area contributed by atoms with E-state index in [-0.39, 0.29) is 21.2 Å². The topological polar surface area (TPSA) is 136 Å². The number of nitro groups is 1. The van der Waals surface area contributed by atoms with Gasteiger partial charge in [-0.2, -0.15) is 4.31 Å². The number of esters is 1. The molecule has 0 bridgehead atoms. The van der Waals surface area contributed by atoms with Gasteiger partial charge in [0.15, 0.2) is 6.61 Å². The van der Waals surface area contributed by atoms with Crippen LogP contribution in [0, 0.1) is 10.1 Å². The molecule has 2 aromatic carbocycles. The highest BCUT2D eigenvalue weighted by atomic mass is 35.5. The molecule has 0 radical (unpaired) electrons. The minimum atomic E-state index is -3.70. The summed E-state index contributed by atoms with van der Waals surface area (Å²) in [5.41, 5.74) is -0.675. The van der Waals surface area contributed by atoms with Crippen LogP contribution < -0.4 is 5.32 Å². The summed E-state index contributed by atoms with van der Waals surface area (Å²) in [7, 11) is -3.70. The van der Waals surface area contributed by atoms with Crippen molar-refractivity contribution in [1.29, 1.82) is 0 Å². The Morgan fingerprint density at radius 2 is 1.79 bits per heavy atom. The van der Waals surface area contributed by atoms with Gasteiger partial charge in [-0.05, 0) is 43.2 Å². The van der Waals surface area contributed by atoms with Gasteiger partial charge in [0.25, 0.3) is 11.6 Å². The van der Waals surface area contributed by atoms with E-state index in [0.29, 0.717) is 13.1 Å². The molecule has 12 heteroatoms. The number of hydrogen-bond donors (Lipinski definition) is 1. The first-order valence-electron chi connectivity index (χ1n) is 10.2. The van der Waals surface area contributed by atoms with Gasteiger partial charge in [0.2, 0.25) is 10.0 Å². The van der Waals surface area contributed by atoms with Gasteiger partial charge in [-0.25, -0.2) is 13.2 Å². The van der Waals surface area contributed by atoms with Gasteiger partial charge in [-0.15, -0.1) is 0 Å². The van der Waals surface area contributed by atoms with E-state index in [1.165, 1.54) is 34.6 Å². The third-order valence-corrected chi connectivity index (χ3v) is 7.16. The SMILES string of the molecule is O=C(COC(=O)c1ccc(Cl)cc1[N+](=O)[O-])Nc1cccc(S(=O)(=O)N2CCCCCC2)c1. The lowest BCUT2D eigenvalue weighted by Crippen LogP contribution is -2.32. The highest BCUT2D eigenvalue weighted by Gasteiger charge is 2.26. The first-order valence-corrected chi connectivity index (χ1v) is 12.0. The van der Waals surface area contributed by atoms with E-state index in [4.69, 9.17) is 16.3 Å². The maximum absolute atomic E-state index is 12.9. The maximum atomic E-state index is 12.9. The molecule has 1 heterocycles. The van der Waals surface area contributed by atoms with Gasteiger partial charge in [0.1, 0.15) is 5.56 Å². The number of sulfonamides is 1. The summed E-state index contributed by atoms with van der Waals surface area (Å²) in [6.07, 6.45) is 3.57. The lowest BCUT2D eigenvalue weighted by molar-refractivity contribution is -0.385. The number of rotatable bonds is 7. The molecule has 1 aliphatic rings. The fraction of sp³-hybridized carbons (Fsp3) is 0.333. The van der Waals surface area contributed by atoms with Gasteiger partial charge in [0, 0.05) is 29.9 Å². The summed E-state index contributed by atoms with van der Waals surface area (Å²) in [6.45, 7) is 0.180. The zero-order valence-electron chi connectivity index (χ0n) is 17.5. The number of ether oxygens (including phenoxy) is 1. The zero-order chi connectivity index (χ0) is 24.0. The highest BCUT2D eigenvalue weighted by Crippen LogP contribution is 2.25. The number of amides is 1. The van der Waals surface area contributed by atoms with Crippen molar-refractivity contribution in [3.63, 3.8) is 0 Å². The molecule has 0 aromatic heterocycles. The molecule has 2 aromatic rings. The minimum Gasteiger partial charge on any atom is -0.452 e. The van der Waals surface area contributed by atoms with Gasteiger partial charge < -0.3 is 10.1 Å². The second-order valence-electron chi connectivity index (χ2n) is 7.39. The molecule has 176 valence electrons. The number of carbonyl (C=O) groups excluding carboxylic acids is 2. The maximum Gasteiger partial charge on any atom is 0.345 e. The molecular weight excluding hydrogens is 474 g/mol. The van der Waals surface area contributed by atoms with Gasteiger partial charge in [-0.3, -0.25) is 14.9 Å². The molecule has 1 saturated heterocycles. The number of benzene rings is 2. The van der Waals surface area contributed by atoms with Crippen LogP contribution in [0.15, 0.2) is 47.4 Å². The number of hydrogen-bond acceptors (Lipinski definition) is 7. The van der Waals surface area contributed by atoms with Gasteiger partial charge in [-0.1, -0.05) is 30.5 Å². The number of carbonyl (C=O) groups is 2. The van der Waals surface area contributed by atoms with Crippen molar-refractivity contribution in [2.75, 3.05) is 25.0 Å². The second kappa shape index (κ2) is 10.7. The van der Waals surface area contributed by atoms with Crippen LogP contribution in [0.25, 0.3) is 0 Å². The molecule has 0 saturated carbocycles. The fourth-order valence-corrected chi connectivity index (χ4v) is 5.13. The summed E-state index contributed by atoms with van der Waals surface area (Å²) in [5.74, 6) is -1.80. The van der Waals surface area contributed by atoms with Crippen molar-refractivity contribution in [3.8, 4) is 0 Å². The van der Waals surface area contributed by atoms with E-state index in [2.05, 4.69) is 5.32 Å². The Bertz CT molecular complexity index is 1160. The van der Waals surface area contributed by atoms with E-state index >= 15 is 0 Å². The molecule has 1 amide bonds. The number of nitrogens with one attached hydrogen (secondary N) is 1. The van der Waals surface area contributed by atoms with Crippen molar-refractivity contribution in [2.45, 2.75) is 30.6 Å². The Balaban J connectivity index is 1.65. The first kappa shape index (κ1) is 24.6. The summed E-state index contributed by atoms with van der Waals surface area (Å²) in [4.78, 5) is 34.8. The van der Waals surface area contributed by atoms with Gasteiger partial charge in [0.05, 0.1) is 9.82 Å². The zero-order valence-corrected chi connectivity index (χ0v) is 19.1. The van der Waals surface area contributed by atoms with Crippen LogP contribution in [0.5, 0.6) is 0 Å². The summed E-state index contributed by atoms with van der Waals surface area (Å²) in [5, 5.41) is 13.7. The number of nitro benzene ring substituents is 1. The third-order valence-electron chi connectivity index (χ3n) is 5.03. The largest absolute Gasteiger partial charge is 0.452 e. The molecule has 0 aliphatic carbocycles. The molecule has 10 nitrogen and oxygen atoms in total. The fourth-order valence-electron chi connectivity index (χ4n) is 3.40. The average Bonchev–Trinajstić information content (AvgIpc) is 3.08. The normalized spacial score (nSPS) is 14.8. The van der Waals surface area contributed by atoms with E-state index in [1.807, 2.05) is 0 Å². The highest BCUT2D eigenvalue weighted by molar-refractivity contribution is 7.89. The first-order chi connectivity index (χ1) is 15.7. The molecule has 1 fully saturated rings. The second-order valence-corrected chi connectivity index (χ2v) is 9.76. The standard InChI is InChI=1S/C21H22ClN3O7S/c22-15-8-9-18(19(12-15)25(28)29)21(27)32-14-20(26)23-16-6-5-7-17(13-16)33(30,31)24-10-3-1-2-4-11-24/h5-9,12-13H,1-4,10-11,14H2,(H,23,26). The van der Waals surface area contributed by atoms with E-state index in [9.17, 15) is 28.1 Å². The predicted molar refractivity (Wildman–Crippen MR) is 121 cm³/mol. The quantitative estimate of drug-likeness (QED) is 0.352. The van der Waals surface area contributed by atoms with E-state index in [1.54, 1.807) is 0 Å². The Hall–Kier alpha value is -3.02. The van der Waals surface area contributed by atoms with Crippen LogP contribution in [0.2, 0.25) is 5.02 Å². The minimum absolute atomic E-state index is 0.0518. The van der Waals surface area contributed by atoms with Gasteiger partial charge >= 0.3 is 5.97 Å². The van der Waals surface area contributed by atoms with Crippen molar-refractivity contribution in [3.05, 3.63) is 63.2 Å². The molecular formula is C21H22ClN3O7S. The molecule has 3 rings (SSSR count). The van der Waals surface area contributed by atoms with Crippen molar-refractivity contribution < 1.29 is 27.7 Å². The summed E-state index contributed by atoms with van der Waals surface area (Å²) < 4.78 is 32.2. The van der Waals surface area contributed by atoms with Crippen molar-refractivity contribution >= 4 is 44.9 Å². The average molecular weight is 496 g/mol. The van der Waals surface area contributed by atoms with Crippen molar-refractivity contribution in [2.24, 2.45) is 0 Å². The lowest BCUT2D eigenvalue weighted by atomic mass is 10.2. The van der Waals surface area contributed by atoms with Crippen LogP contribution in [0.4, 0.5) is 11.4 Å². The lowest BCUT2D eigenvalue weighted by Gasteiger charge is -2.20. The number of nitrogens with zero attached hydrogens (tertiary/aromatic N) is 2. The third kappa shape index (κ3) is 6.28. The predicted octanol–water partition coefficient (Wildman–Crippen LogP) is 3.61. The van der Waals surface area contributed by atoms with Crippen molar-refractivity contribution in [1.82, 2.24) is 4.31 Å². The van der Waals surface area contributed by atoms with E-state index < -0.39 is 39.1 Å². The van der Waals surface area contributed by atoms with Crippen LogP contribution in [-0.2, 0) is 19.6 Å². The Kier molecular flexibility index (Phi) is 8.01. The summed E-state index contributed by atoms with van der Waals surface area (Å²) in [6, 6.07) is 9.24. The molecule has 0 unspecified atom stereocenters. The Morgan fingerprint density at radius 3 is 2.45 bits per heavy atom. The van der Waals surface area contributed by atoms with E-state index in [0.717, 1.165) is 37.8 Å². The Labute approximate surface area is 195 Å². The summed E-state index contributed by atoms with van der Waals surface area (Å²) >= 11 is 5.72.